The van der Waals surface area contributed by atoms with E-state index in [0.29, 0.717) is 17.2 Å². The molecule has 2 nitrogen and oxygen atoms in total. The van der Waals surface area contributed by atoms with Crippen molar-refractivity contribution in [2.75, 3.05) is 18.4 Å². The Labute approximate surface area is 101 Å². The van der Waals surface area contributed by atoms with Gasteiger partial charge in [0.15, 0.2) is 0 Å². The van der Waals surface area contributed by atoms with Crippen LogP contribution in [0.5, 0.6) is 0 Å². The molecule has 0 spiro atoms. The average Bonchev–Trinajstić information content (AvgIpc) is 2.86. The second kappa shape index (κ2) is 4.44. The van der Waals surface area contributed by atoms with Crippen molar-refractivity contribution in [2.45, 2.75) is 39.0 Å². The Hall–Kier alpha value is -0.0500. The number of rotatable bonds is 2. The first-order chi connectivity index (χ1) is 7.14. The third-order valence-corrected chi connectivity index (χ3v) is 5.25. The first-order valence-corrected chi connectivity index (χ1v) is 7.11. The molecule has 1 unspecified atom stereocenters. The summed E-state index contributed by atoms with van der Waals surface area (Å²) >= 11 is 3.55. The lowest BCUT2D eigenvalue weighted by atomic mass is 9.93. The minimum Gasteiger partial charge on any atom is -0.342 e. The number of nitrogens with zero attached hydrogens (tertiary/aromatic N) is 1. The molecular formula is C12H20BrNO. The standard InChI is InChI=1S/C12H20BrNO/c1-12(8-13)6-7-14(9-12)11(15)10-4-2-3-5-10/h10H,2-9H2,1H3. The van der Waals surface area contributed by atoms with Gasteiger partial charge >= 0.3 is 0 Å². The molecule has 3 heteroatoms. The summed E-state index contributed by atoms with van der Waals surface area (Å²) in [5.41, 5.74) is 0.314. The number of carbonyl (C=O) groups excluding carboxylic acids is 1. The Morgan fingerprint density at radius 1 is 1.47 bits per heavy atom. The van der Waals surface area contributed by atoms with Crippen LogP contribution in [0.4, 0.5) is 0 Å². The number of carbonyl (C=O) groups is 1. The summed E-state index contributed by atoms with van der Waals surface area (Å²) in [6.45, 7) is 4.19. The monoisotopic (exact) mass is 273 g/mol. The summed E-state index contributed by atoms with van der Waals surface area (Å²) in [5.74, 6) is 0.778. The van der Waals surface area contributed by atoms with Gasteiger partial charge in [0, 0.05) is 24.3 Å². The number of alkyl halides is 1. The summed E-state index contributed by atoms with van der Waals surface area (Å²) < 4.78 is 0. The van der Waals surface area contributed by atoms with Crippen molar-refractivity contribution in [3.05, 3.63) is 0 Å². The van der Waals surface area contributed by atoms with E-state index in [4.69, 9.17) is 0 Å². The molecule has 0 aromatic heterocycles. The molecule has 1 amide bonds. The van der Waals surface area contributed by atoms with Crippen molar-refractivity contribution in [3.63, 3.8) is 0 Å². The van der Waals surface area contributed by atoms with Crippen LogP contribution in [0.15, 0.2) is 0 Å². The van der Waals surface area contributed by atoms with Crippen molar-refractivity contribution in [1.82, 2.24) is 4.90 Å². The molecule has 1 atom stereocenters. The van der Waals surface area contributed by atoms with E-state index in [0.717, 1.165) is 37.7 Å². The maximum Gasteiger partial charge on any atom is 0.225 e. The minimum absolute atomic E-state index is 0.314. The molecule has 0 bridgehead atoms. The molecule has 2 rings (SSSR count). The topological polar surface area (TPSA) is 20.3 Å². The van der Waals surface area contributed by atoms with Crippen molar-refractivity contribution >= 4 is 21.8 Å². The van der Waals surface area contributed by atoms with Gasteiger partial charge in [-0.1, -0.05) is 35.7 Å². The highest BCUT2D eigenvalue weighted by Gasteiger charge is 2.37. The van der Waals surface area contributed by atoms with Crippen LogP contribution in [0, 0.1) is 11.3 Å². The van der Waals surface area contributed by atoms with Crippen molar-refractivity contribution in [2.24, 2.45) is 11.3 Å². The van der Waals surface area contributed by atoms with Gasteiger partial charge < -0.3 is 4.90 Å². The molecular weight excluding hydrogens is 254 g/mol. The summed E-state index contributed by atoms with van der Waals surface area (Å²) in [4.78, 5) is 14.3. The molecule has 1 heterocycles. The molecule has 0 radical (unpaired) electrons. The molecule has 86 valence electrons. The number of amides is 1. The zero-order valence-electron chi connectivity index (χ0n) is 9.47. The van der Waals surface area contributed by atoms with Crippen LogP contribution >= 0.6 is 15.9 Å². The highest BCUT2D eigenvalue weighted by atomic mass is 79.9. The van der Waals surface area contributed by atoms with Crippen molar-refractivity contribution in [3.8, 4) is 0 Å². The zero-order valence-corrected chi connectivity index (χ0v) is 11.1. The fraction of sp³-hybridized carbons (Fsp3) is 0.917. The molecule has 1 saturated carbocycles. The average molecular weight is 274 g/mol. The van der Waals surface area contributed by atoms with E-state index >= 15 is 0 Å². The molecule has 2 aliphatic rings. The summed E-state index contributed by atoms with van der Waals surface area (Å²) in [7, 11) is 0. The lowest BCUT2D eigenvalue weighted by Crippen LogP contribution is -2.35. The molecule has 1 saturated heterocycles. The number of halogens is 1. The van der Waals surface area contributed by atoms with Crippen molar-refractivity contribution < 1.29 is 4.79 Å². The second-order valence-electron chi connectivity index (χ2n) is 5.44. The van der Waals surface area contributed by atoms with Crippen molar-refractivity contribution in [1.29, 1.82) is 0 Å². The van der Waals surface area contributed by atoms with Crippen LogP contribution in [-0.4, -0.2) is 29.2 Å². The molecule has 0 aromatic carbocycles. The molecule has 0 aromatic rings. The van der Waals surface area contributed by atoms with Gasteiger partial charge in [-0.05, 0) is 24.7 Å². The van der Waals surface area contributed by atoms with E-state index in [1.165, 1.54) is 12.8 Å². The number of hydrogen-bond donors (Lipinski definition) is 0. The highest BCUT2D eigenvalue weighted by Crippen LogP contribution is 2.34. The van der Waals surface area contributed by atoms with Gasteiger partial charge in [-0.15, -0.1) is 0 Å². The summed E-state index contributed by atoms with van der Waals surface area (Å²) in [5, 5.41) is 1.01. The van der Waals surface area contributed by atoms with Gasteiger partial charge in [0.05, 0.1) is 0 Å². The summed E-state index contributed by atoms with van der Waals surface area (Å²) in [6, 6.07) is 0. The smallest absolute Gasteiger partial charge is 0.225 e. The molecule has 2 fully saturated rings. The van der Waals surface area contributed by atoms with E-state index < -0.39 is 0 Å². The first kappa shape index (κ1) is 11.4. The Morgan fingerprint density at radius 2 is 2.13 bits per heavy atom. The largest absolute Gasteiger partial charge is 0.342 e. The Kier molecular flexibility index (Phi) is 3.39. The van der Waals surface area contributed by atoms with Gasteiger partial charge in [-0.25, -0.2) is 0 Å². The van der Waals surface area contributed by atoms with Crippen LogP contribution in [0.2, 0.25) is 0 Å². The van der Waals surface area contributed by atoms with Crippen LogP contribution in [0.3, 0.4) is 0 Å². The Bertz CT molecular complexity index is 250. The van der Waals surface area contributed by atoms with E-state index in [1.807, 2.05) is 0 Å². The van der Waals surface area contributed by atoms with E-state index in [2.05, 4.69) is 27.8 Å². The highest BCUT2D eigenvalue weighted by molar-refractivity contribution is 9.09. The third kappa shape index (κ3) is 2.38. The predicted molar refractivity (Wildman–Crippen MR) is 65.1 cm³/mol. The first-order valence-electron chi connectivity index (χ1n) is 5.99. The fourth-order valence-corrected chi connectivity index (χ4v) is 3.21. The van der Waals surface area contributed by atoms with E-state index in [9.17, 15) is 4.79 Å². The maximum absolute atomic E-state index is 12.2. The van der Waals surface area contributed by atoms with Crippen LogP contribution in [-0.2, 0) is 4.79 Å². The molecule has 1 aliphatic carbocycles. The SMILES string of the molecule is CC1(CBr)CCN(C(=O)C2CCCC2)C1. The second-order valence-corrected chi connectivity index (χ2v) is 6.00. The Morgan fingerprint density at radius 3 is 2.67 bits per heavy atom. The third-order valence-electron chi connectivity index (χ3n) is 3.90. The normalized spacial score (nSPS) is 32.5. The maximum atomic E-state index is 12.2. The van der Waals surface area contributed by atoms with Crippen LogP contribution < -0.4 is 0 Å². The number of hydrogen-bond acceptors (Lipinski definition) is 1. The van der Waals surface area contributed by atoms with E-state index in [1.54, 1.807) is 0 Å². The van der Waals surface area contributed by atoms with Crippen LogP contribution in [0.25, 0.3) is 0 Å². The molecule has 15 heavy (non-hydrogen) atoms. The van der Waals surface area contributed by atoms with Gasteiger partial charge in [0.25, 0.3) is 0 Å². The zero-order chi connectivity index (χ0) is 10.9. The lowest BCUT2D eigenvalue weighted by Gasteiger charge is -2.24. The predicted octanol–water partition coefficient (Wildman–Crippen LogP) is 2.81. The lowest BCUT2D eigenvalue weighted by molar-refractivity contribution is -0.134. The van der Waals surface area contributed by atoms with Gasteiger partial charge in [0.1, 0.15) is 0 Å². The van der Waals surface area contributed by atoms with Crippen LogP contribution in [0.1, 0.15) is 39.0 Å². The van der Waals surface area contributed by atoms with Gasteiger partial charge in [0.2, 0.25) is 5.91 Å². The fourth-order valence-electron chi connectivity index (χ4n) is 2.75. The molecule has 1 aliphatic heterocycles. The quantitative estimate of drug-likeness (QED) is 0.709. The molecule has 0 N–H and O–H groups in total. The van der Waals surface area contributed by atoms with Gasteiger partial charge in [-0.3, -0.25) is 4.79 Å². The Balaban J connectivity index is 1.92. The summed E-state index contributed by atoms with van der Waals surface area (Å²) in [6.07, 6.45) is 5.90. The minimum atomic E-state index is 0.314. The number of likely N-dealkylation sites (tertiary alicyclic amines) is 1. The van der Waals surface area contributed by atoms with E-state index in [-0.39, 0.29) is 0 Å². The van der Waals surface area contributed by atoms with Gasteiger partial charge in [-0.2, -0.15) is 0 Å².